The number of benzene rings is 1. The summed E-state index contributed by atoms with van der Waals surface area (Å²) in [4.78, 5) is 46.0. The number of para-hydroxylation sites is 1. The Morgan fingerprint density at radius 2 is 1.86 bits per heavy atom. The van der Waals surface area contributed by atoms with Crippen molar-refractivity contribution in [3.8, 4) is 17.1 Å². The number of methoxy groups -OCH3 is 1. The van der Waals surface area contributed by atoms with E-state index in [0.717, 1.165) is 16.3 Å². The van der Waals surface area contributed by atoms with Crippen molar-refractivity contribution in [3.05, 3.63) is 45.1 Å². The minimum Gasteiger partial charge on any atom is -0.496 e. The summed E-state index contributed by atoms with van der Waals surface area (Å²) in [6.07, 6.45) is 0. The predicted molar refractivity (Wildman–Crippen MR) is 109 cm³/mol. The number of rotatable bonds is 6. The van der Waals surface area contributed by atoms with Gasteiger partial charge in [-0.05, 0) is 19.1 Å². The van der Waals surface area contributed by atoms with Gasteiger partial charge in [-0.3, -0.25) is 18.7 Å². The summed E-state index contributed by atoms with van der Waals surface area (Å²) in [6, 6.07) is 7.15. The highest BCUT2D eigenvalue weighted by Gasteiger charge is 2.20. The van der Waals surface area contributed by atoms with Crippen LogP contribution in [0.1, 0.15) is 6.92 Å². The van der Waals surface area contributed by atoms with Crippen LogP contribution in [0.3, 0.4) is 0 Å². The summed E-state index contributed by atoms with van der Waals surface area (Å²) in [5.41, 5.74) is -0.252. The van der Waals surface area contributed by atoms with Crippen molar-refractivity contribution in [1.29, 1.82) is 0 Å². The van der Waals surface area contributed by atoms with Crippen molar-refractivity contribution in [2.24, 2.45) is 14.1 Å². The van der Waals surface area contributed by atoms with E-state index in [-0.39, 0.29) is 29.2 Å². The number of hydrogen-bond donors (Lipinski definition) is 0. The molecule has 0 unspecified atom stereocenters. The molecule has 0 spiro atoms. The van der Waals surface area contributed by atoms with E-state index < -0.39 is 17.2 Å². The molecule has 0 bridgehead atoms. The third-order valence-electron chi connectivity index (χ3n) is 4.25. The third kappa shape index (κ3) is 3.88. The molecule has 29 heavy (non-hydrogen) atoms. The zero-order chi connectivity index (χ0) is 21.1. The summed E-state index contributed by atoms with van der Waals surface area (Å²) in [6.45, 7) is 1.97. The number of nitrogens with zero attached hydrogens (tertiary/aromatic N) is 4. The van der Waals surface area contributed by atoms with Gasteiger partial charge >= 0.3 is 11.7 Å². The van der Waals surface area contributed by atoms with Gasteiger partial charge in [-0.2, -0.15) is 0 Å². The molecule has 0 radical (unpaired) electrons. The molecule has 2 heterocycles. The monoisotopic (exact) mass is 416 g/mol. The van der Waals surface area contributed by atoms with Crippen LogP contribution in [-0.2, 0) is 23.6 Å². The third-order valence-corrected chi connectivity index (χ3v) is 5.20. The van der Waals surface area contributed by atoms with Crippen molar-refractivity contribution in [2.45, 2.75) is 11.9 Å². The number of ether oxygens (including phenoxy) is 2. The van der Waals surface area contributed by atoms with Gasteiger partial charge in [0.05, 0.1) is 25.0 Å². The van der Waals surface area contributed by atoms with Gasteiger partial charge in [0.25, 0.3) is 5.56 Å². The number of carbonyl (C=O) groups is 1. The van der Waals surface area contributed by atoms with Gasteiger partial charge < -0.3 is 9.47 Å². The van der Waals surface area contributed by atoms with Crippen LogP contribution >= 0.6 is 11.8 Å². The first-order valence-corrected chi connectivity index (χ1v) is 9.77. The Kier molecular flexibility index (Phi) is 6.02. The van der Waals surface area contributed by atoms with E-state index in [1.165, 1.54) is 25.8 Å². The molecular formula is C19H20N4O5S. The molecule has 0 aliphatic heterocycles. The molecular weight excluding hydrogens is 396 g/mol. The van der Waals surface area contributed by atoms with Crippen molar-refractivity contribution in [1.82, 2.24) is 19.1 Å². The fourth-order valence-electron chi connectivity index (χ4n) is 2.81. The molecule has 0 aliphatic carbocycles. The van der Waals surface area contributed by atoms with Gasteiger partial charge in [-0.1, -0.05) is 23.9 Å². The van der Waals surface area contributed by atoms with Crippen molar-refractivity contribution < 1.29 is 14.3 Å². The molecule has 0 saturated heterocycles. The van der Waals surface area contributed by atoms with Crippen molar-refractivity contribution in [2.75, 3.05) is 19.5 Å². The molecule has 3 aromatic rings. The molecule has 3 rings (SSSR count). The molecule has 0 fully saturated rings. The Hall–Kier alpha value is -3.14. The van der Waals surface area contributed by atoms with Gasteiger partial charge in [0.15, 0.2) is 11.5 Å². The highest BCUT2D eigenvalue weighted by Crippen LogP contribution is 2.30. The lowest BCUT2D eigenvalue weighted by atomic mass is 10.2. The summed E-state index contributed by atoms with van der Waals surface area (Å²) in [5, 5.41) is 0.461. The fraction of sp³-hybridized carbons (Fsp3) is 0.316. The Morgan fingerprint density at radius 1 is 1.14 bits per heavy atom. The number of hydrogen-bond acceptors (Lipinski definition) is 8. The van der Waals surface area contributed by atoms with E-state index in [1.54, 1.807) is 25.1 Å². The SMILES string of the molecule is CCOC(=O)CSc1nc(-c2ccccc2OC)nc2c1c(=O)n(C)c(=O)n2C. The van der Waals surface area contributed by atoms with Crippen LogP contribution in [0.4, 0.5) is 0 Å². The maximum Gasteiger partial charge on any atom is 0.332 e. The average molecular weight is 416 g/mol. The molecule has 9 nitrogen and oxygen atoms in total. The first-order valence-electron chi connectivity index (χ1n) is 8.78. The zero-order valence-corrected chi connectivity index (χ0v) is 17.3. The number of thioether (sulfide) groups is 1. The van der Waals surface area contributed by atoms with Gasteiger partial charge in [0, 0.05) is 14.1 Å². The Labute approximate surface area is 170 Å². The van der Waals surface area contributed by atoms with E-state index in [2.05, 4.69) is 9.97 Å². The minimum absolute atomic E-state index is 0.0304. The number of aryl methyl sites for hydroxylation is 1. The standard InChI is InChI=1S/C19H20N4O5S/c1-5-28-13(24)10-29-17-14-16(22(2)19(26)23(3)18(14)25)20-15(21-17)11-8-6-7-9-12(11)27-4/h6-9H,5,10H2,1-4H3. The van der Waals surface area contributed by atoms with Crippen LogP contribution in [0.25, 0.3) is 22.4 Å². The second-order valence-corrected chi connectivity index (χ2v) is 7.01. The van der Waals surface area contributed by atoms with Crippen LogP contribution in [0.15, 0.2) is 38.9 Å². The van der Waals surface area contributed by atoms with Gasteiger partial charge in [0.1, 0.15) is 16.2 Å². The lowest BCUT2D eigenvalue weighted by molar-refractivity contribution is -0.139. The first-order chi connectivity index (χ1) is 13.9. The predicted octanol–water partition coefficient (Wildman–Crippen LogP) is 1.36. The Balaban J connectivity index is 2.29. The largest absolute Gasteiger partial charge is 0.496 e. The van der Waals surface area contributed by atoms with E-state index in [1.807, 2.05) is 6.07 Å². The van der Waals surface area contributed by atoms with E-state index in [9.17, 15) is 14.4 Å². The molecule has 0 atom stereocenters. The van der Waals surface area contributed by atoms with E-state index >= 15 is 0 Å². The molecule has 0 N–H and O–H groups in total. The number of fused-ring (bicyclic) bond motifs is 1. The van der Waals surface area contributed by atoms with E-state index in [4.69, 9.17) is 9.47 Å². The molecule has 152 valence electrons. The molecule has 2 aromatic heterocycles. The maximum absolute atomic E-state index is 12.8. The van der Waals surface area contributed by atoms with Crippen LogP contribution in [0.2, 0.25) is 0 Å². The zero-order valence-electron chi connectivity index (χ0n) is 16.5. The lowest BCUT2D eigenvalue weighted by Gasteiger charge is -2.13. The number of esters is 1. The molecule has 1 aromatic carbocycles. The highest BCUT2D eigenvalue weighted by atomic mass is 32.2. The smallest absolute Gasteiger partial charge is 0.332 e. The van der Waals surface area contributed by atoms with Crippen LogP contribution in [0, 0.1) is 0 Å². The summed E-state index contributed by atoms with van der Waals surface area (Å²) in [7, 11) is 4.45. The summed E-state index contributed by atoms with van der Waals surface area (Å²) in [5.74, 6) is 0.369. The number of carbonyl (C=O) groups excluding carboxylic acids is 1. The van der Waals surface area contributed by atoms with Crippen LogP contribution in [0.5, 0.6) is 5.75 Å². The maximum atomic E-state index is 12.8. The second-order valence-electron chi connectivity index (χ2n) is 6.05. The van der Waals surface area contributed by atoms with Crippen LogP contribution in [-0.4, -0.2) is 44.5 Å². The van der Waals surface area contributed by atoms with Gasteiger partial charge in [0.2, 0.25) is 0 Å². The lowest BCUT2D eigenvalue weighted by Crippen LogP contribution is -2.37. The van der Waals surface area contributed by atoms with E-state index in [0.29, 0.717) is 16.3 Å². The summed E-state index contributed by atoms with van der Waals surface area (Å²) >= 11 is 1.06. The average Bonchev–Trinajstić information content (AvgIpc) is 2.74. The first kappa shape index (κ1) is 20.6. The minimum atomic E-state index is -0.527. The fourth-order valence-corrected chi connectivity index (χ4v) is 3.62. The number of aromatic nitrogens is 4. The normalized spacial score (nSPS) is 10.9. The molecule has 0 aliphatic rings. The van der Waals surface area contributed by atoms with Crippen LogP contribution < -0.4 is 16.0 Å². The van der Waals surface area contributed by atoms with Gasteiger partial charge in [-0.25, -0.2) is 14.8 Å². The topological polar surface area (TPSA) is 105 Å². The summed E-state index contributed by atoms with van der Waals surface area (Å²) < 4.78 is 12.6. The van der Waals surface area contributed by atoms with Gasteiger partial charge in [-0.15, -0.1) is 0 Å². The van der Waals surface area contributed by atoms with Crippen molar-refractivity contribution >= 4 is 28.8 Å². The second kappa shape index (κ2) is 8.48. The Bertz CT molecular complexity index is 1200. The quantitative estimate of drug-likeness (QED) is 0.337. The molecule has 0 saturated carbocycles. The van der Waals surface area contributed by atoms with Crippen molar-refractivity contribution in [3.63, 3.8) is 0 Å². The molecule has 0 amide bonds. The Morgan fingerprint density at radius 3 is 2.55 bits per heavy atom. The molecule has 10 heteroatoms. The highest BCUT2D eigenvalue weighted by molar-refractivity contribution is 8.00.